The number of esters is 1. The first-order chi connectivity index (χ1) is 9.79. The maximum Gasteiger partial charge on any atom is 0.310 e. The standard InChI is InChI=1S/C16H19NO2S/c1-2-20-12-11-19-16(18)13-14-5-7-15(8-6-14)17-9-3-4-10-17/h3-10H,2,11-13H2,1H3. The van der Waals surface area contributed by atoms with E-state index in [4.69, 9.17) is 4.74 Å². The number of thioether (sulfide) groups is 1. The Morgan fingerprint density at radius 2 is 1.90 bits per heavy atom. The van der Waals surface area contributed by atoms with E-state index in [0.29, 0.717) is 13.0 Å². The highest BCUT2D eigenvalue weighted by Gasteiger charge is 2.05. The highest BCUT2D eigenvalue weighted by molar-refractivity contribution is 7.99. The third kappa shape index (κ3) is 4.46. The Kier molecular flexibility index (Phi) is 5.74. The topological polar surface area (TPSA) is 31.2 Å². The van der Waals surface area contributed by atoms with Crippen LogP contribution in [0.2, 0.25) is 0 Å². The first-order valence-electron chi connectivity index (χ1n) is 6.75. The molecule has 0 aliphatic rings. The molecule has 2 rings (SSSR count). The van der Waals surface area contributed by atoms with E-state index in [1.54, 1.807) is 11.8 Å². The minimum atomic E-state index is -0.157. The van der Waals surface area contributed by atoms with E-state index in [1.165, 1.54) is 0 Å². The molecular weight excluding hydrogens is 270 g/mol. The predicted molar refractivity (Wildman–Crippen MR) is 83.4 cm³/mol. The number of ether oxygens (including phenoxy) is 1. The molecule has 1 aromatic carbocycles. The van der Waals surface area contributed by atoms with Crippen LogP contribution in [-0.2, 0) is 16.0 Å². The molecule has 0 saturated heterocycles. The van der Waals surface area contributed by atoms with Crippen molar-refractivity contribution in [2.75, 3.05) is 18.1 Å². The van der Waals surface area contributed by atoms with Gasteiger partial charge in [-0.25, -0.2) is 0 Å². The number of rotatable bonds is 7. The fourth-order valence-corrected chi connectivity index (χ4v) is 2.36. The fourth-order valence-electron chi connectivity index (χ4n) is 1.87. The minimum Gasteiger partial charge on any atom is -0.465 e. The van der Waals surface area contributed by atoms with Crippen LogP contribution in [0.15, 0.2) is 48.8 Å². The van der Waals surface area contributed by atoms with Gasteiger partial charge in [-0.05, 0) is 35.6 Å². The maximum atomic E-state index is 11.7. The molecule has 0 bridgehead atoms. The van der Waals surface area contributed by atoms with Crippen LogP contribution < -0.4 is 0 Å². The lowest BCUT2D eigenvalue weighted by atomic mass is 10.1. The van der Waals surface area contributed by atoms with E-state index in [9.17, 15) is 4.79 Å². The summed E-state index contributed by atoms with van der Waals surface area (Å²) in [6, 6.07) is 11.9. The Labute approximate surface area is 123 Å². The van der Waals surface area contributed by atoms with Crippen molar-refractivity contribution in [3.63, 3.8) is 0 Å². The second-order valence-corrected chi connectivity index (χ2v) is 5.74. The zero-order valence-corrected chi connectivity index (χ0v) is 12.4. The zero-order valence-electron chi connectivity index (χ0n) is 11.6. The SMILES string of the molecule is CCSCCOC(=O)Cc1ccc(-n2cccc2)cc1. The van der Waals surface area contributed by atoms with Crippen LogP contribution in [0.25, 0.3) is 5.69 Å². The second-order valence-electron chi connectivity index (χ2n) is 4.35. The fraction of sp³-hybridized carbons (Fsp3) is 0.312. The van der Waals surface area contributed by atoms with Gasteiger partial charge < -0.3 is 9.30 Å². The number of aromatic nitrogens is 1. The summed E-state index contributed by atoms with van der Waals surface area (Å²) in [7, 11) is 0. The molecule has 3 nitrogen and oxygen atoms in total. The molecule has 0 aliphatic carbocycles. The first kappa shape index (κ1) is 14.7. The summed E-state index contributed by atoms with van der Waals surface area (Å²) in [5.41, 5.74) is 2.07. The zero-order chi connectivity index (χ0) is 14.2. The van der Waals surface area contributed by atoms with Crippen molar-refractivity contribution in [3.8, 4) is 5.69 Å². The van der Waals surface area contributed by atoms with Gasteiger partial charge >= 0.3 is 5.97 Å². The van der Waals surface area contributed by atoms with Crippen LogP contribution >= 0.6 is 11.8 Å². The molecule has 106 valence electrons. The van der Waals surface area contributed by atoms with E-state index in [2.05, 4.69) is 6.92 Å². The van der Waals surface area contributed by atoms with Crippen molar-refractivity contribution >= 4 is 17.7 Å². The van der Waals surface area contributed by atoms with Crippen LogP contribution in [0.4, 0.5) is 0 Å². The van der Waals surface area contributed by atoms with E-state index < -0.39 is 0 Å². The first-order valence-corrected chi connectivity index (χ1v) is 7.90. The molecule has 4 heteroatoms. The Morgan fingerprint density at radius 3 is 2.55 bits per heavy atom. The van der Waals surface area contributed by atoms with Gasteiger partial charge in [0.15, 0.2) is 0 Å². The monoisotopic (exact) mass is 289 g/mol. The molecule has 0 aliphatic heterocycles. The van der Waals surface area contributed by atoms with Gasteiger partial charge in [0.1, 0.15) is 6.61 Å². The lowest BCUT2D eigenvalue weighted by Gasteiger charge is -2.06. The summed E-state index contributed by atoms with van der Waals surface area (Å²) in [5.74, 6) is 1.77. The van der Waals surface area contributed by atoms with Gasteiger partial charge in [-0.1, -0.05) is 19.1 Å². The Hall–Kier alpha value is -1.68. The summed E-state index contributed by atoms with van der Waals surface area (Å²) < 4.78 is 7.22. The van der Waals surface area contributed by atoms with Crippen molar-refractivity contribution < 1.29 is 9.53 Å². The molecule has 0 N–H and O–H groups in total. The Balaban J connectivity index is 1.83. The third-order valence-corrected chi connectivity index (χ3v) is 3.75. The molecule has 0 fully saturated rings. The van der Waals surface area contributed by atoms with Crippen LogP contribution in [-0.4, -0.2) is 28.6 Å². The molecule has 2 aromatic rings. The Morgan fingerprint density at radius 1 is 1.20 bits per heavy atom. The molecule has 0 spiro atoms. The van der Waals surface area contributed by atoms with Gasteiger partial charge in [0, 0.05) is 23.8 Å². The van der Waals surface area contributed by atoms with Crippen molar-refractivity contribution in [3.05, 3.63) is 54.4 Å². The average molecular weight is 289 g/mol. The highest BCUT2D eigenvalue weighted by Crippen LogP contribution is 2.11. The van der Waals surface area contributed by atoms with Crippen molar-refractivity contribution in [2.45, 2.75) is 13.3 Å². The van der Waals surface area contributed by atoms with E-state index in [0.717, 1.165) is 22.8 Å². The van der Waals surface area contributed by atoms with Crippen molar-refractivity contribution in [1.29, 1.82) is 0 Å². The van der Waals surface area contributed by atoms with Crippen LogP contribution in [0.3, 0.4) is 0 Å². The highest BCUT2D eigenvalue weighted by atomic mass is 32.2. The lowest BCUT2D eigenvalue weighted by molar-refractivity contribution is -0.142. The second kappa shape index (κ2) is 7.80. The third-order valence-electron chi connectivity index (χ3n) is 2.88. The number of hydrogen-bond donors (Lipinski definition) is 0. The smallest absolute Gasteiger partial charge is 0.310 e. The van der Waals surface area contributed by atoms with Gasteiger partial charge in [0.2, 0.25) is 0 Å². The predicted octanol–water partition coefficient (Wildman–Crippen LogP) is 3.32. The van der Waals surface area contributed by atoms with E-state index in [1.807, 2.05) is 53.4 Å². The number of nitrogens with zero attached hydrogens (tertiary/aromatic N) is 1. The minimum absolute atomic E-state index is 0.157. The van der Waals surface area contributed by atoms with Gasteiger partial charge in [-0.3, -0.25) is 4.79 Å². The molecule has 1 heterocycles. The van der Waals surface area contributed by atoms with Gasteiger partial charge in [-0.2, -0.15) is 11.8 Å². The maximum absolute atomic E-state index is 11.7. The molecule has 20 heavy (non-hydrogen) atoms. The van der Waals surface area contributed by atoms with E-state index in [-0.39, 0.29) is 5.97 Å². The number of carbonyl (C=O) groups excluding carboxylic acids is 1. The quantitative estimate of drug-likeness (QED) is 0.579. The molecule has 0 amide bonds. The van der Waals surface area contributed by atoms with Crippen LogP contribution in [0, 0.1) is 0 Å². The normalized spacial score (nSPS) is 10.4. The largest absolute Gasteiger partial charge is 0.465 e. The summed E-state index contributed by atoms with van der Waals surface area (Å²) in [6.07, 6.45) is 4.33. The molecular formula is C16H19NO2S. The van der Waals surface area contributed by atoms with E-state index >= 15 is 0 Å². The molecule has 0 saturated carbocycles. The summed E-state index contributed by atoms with van der Waals surface area (Å²) in [6.45, 7) is 2.59. The van der Waals surface area contributed by atoms with Gasteiger partial charge in [0.25, 0.3) is 0 Å². The van der Waals surface area contributed by atoms with Gasteiger partial charge in [-0.15, -0.1) is 0 Å². The van der Waals surface area contributed by atoms with Crippen molar-refractivity contribution in [1.82, 2.24) is 4.57 Å². The van der Waals surface area contributed by atoms with Gasteiger partial charge in [0.05, 0.1) is 6.42 Å². The molecule has 0 radical (unpaired) electrons. The van der Waals surface area contributed by atoms with Crippen molar-refractivity contribution in [2.24, 2.45) is 0 Å². The average Bonchev–Trinajstić information content (AvgIpc) is 2.99. The van der Waals surface area contributed by atoms with Crippen LogP contribution in [0.5, 0.6) is 0 Å². The Bertz CT molecular complexity index is 520. The molecule has 1 aromatic heterocycles. The number of benzene rings is 1. The lowest BCUT2D eigenvalue weighted by Crippen LogP contribution is -2.10. The summed E-state index contributed by atoms with van der Waals surface area (Å²) >= 11 is 1.78. The number of hydrogen-bond acceptors (Lipinski definition) is 3. The summed E-state index contributed by atoms with van der Waals surface area (Å²) in [4.78, 5) is 11.7. The molecule has 0 unspecified atom stereocenters. The summed E-state index contributed by atoms with van der Waals surface area (Å²) in [5, 5.41) is 0. The van der Waals surface area contributed by atoms with Crippen LogP contribution in [0.1, 0.15) is 12.5 Å². The molecule has 0 atom stereocenters. The number of carbonyl (C=O) groups is 1.